The molecule has 0 aliphatic heterocycles. The van der Waals surface area contributed by atoms with Gasteiger partial charge >= 0.3 is 0 Å². The molecule has 0 amide bonds. The molecule has 3 aromatic carbocycles. The third-order valence-electron chi connectivity index (χ3n) is 4.68. The lowest BCUT2D eigenvalue weighted by molar-refractivity contribution is 0.356. The van der Waals surface area contributed by atoms with Crippen LogP contribution in [0.25, 0.3) is 10.9 Å². The number of benzene rings is 3. The number of hydrogen-bond donors (Lipinski definition) is 2. The van der Waals surface area contributed by atoms with Gasteiger partial charge in [0.15, 0.2) is 11.5 Å². The minimum absolute atomic E-state index is 0.272. The Hall–Kier alpha value is -3.65. The van der Waals surface area contributed by atoms with Gasteiger partial charge in [-0.15, -0.1) is 0 Å². The topological polar surface area (TPSA) is 68.3 Å². The Balaban J connectivity index is 1.75. The predicted octanol–water partition coefficient (Wildman–Crippen LogP) is 5.93. The van der Waals surface area contributed by atoms with Crippen molar-refractivity contribution in [3.8, 4) is 11.5 Å². The van der Waals surface area contributed by atoms with E-state index in [1.807, 2.05) is 0 Å². The number of nitrogens with one attached hydrogen (secondary N) is 2. The lowest BCUT2D eigenvalue weighted by atomic mass is 10.2. The molecule has 0 radical (unpaired) electrons. The number of ether oxygens (including phenoxy) is 2. The third-order valence-corrected chi connectivity index (χ3v) is 4.90. The van der Waals surface area contributed by atoms with Gasteiger partial charge in [0.1, 0.15) is 17.5 Å². The Labute approximate surface area is 188 Å². The van der Waals surface area contributed by atoms with Gasteiger partial charge in [0.25, 0.3) is 0 Å². The normalized spacial score (nSPS) is 10.8. The molecule has 0 fully saturated rings. The number of fused-ring (bicyclic) bond motifs is 1. The SMILES string of the molecule is COc1cc2nc(Nc3ccc(F)cc3)nc(NCc3cc(F)cc(Cl)c3)c2cc1OC. The largest absolute Gasteiger partial charge is 0.493 e. The summed E-state index contributed by atoms with van der Waals surface area (Å²) in [4.78, 5) is 9.11. The van der Waals surface area contributed by atoms with Crippen molar-refractivity contribution < 1.29 is 18.3 Å². The highest BCUT2D eigenvalue weighted by Crippen LogP contribution is 2.35. The number of halogens is 3. The zero-order valence-corrected chi connectivity index (χ0v) is 18.0. The van der Waals surface area contributed by atoms with Crippen molar-refractivity contribution in [2.45, 2.75) is 6.54 Å². The van der Waals surface area contributed by atoms with Crippen molar-refractivity contribution in [1.82, 2.24) is 9.97 Å². The van der Waals surface area contributed by atoms with Gasteiger partial charge in [-0.05, 0) is 54.1 Å². The molecule has 0 atom stereocenters. The summed E-state index contributed by atoms with van der Waals surface area (Å²) in [5, 5.41) is 7.25. The molecule has 6 nitrogen and oxygen atoms in total. The summed E-state index contributed by atoms with van der Waals surface area (Å²) in [6, 6.07) is 13.6. The van der Waals surface area contributed by atoms with Crippen LogP contribution in [-0.4, -0.2) is 24.2 Å². The minimum Gasteiger partial charge on any atom is -0.493 e. The van der Waals surface area contributed by atoms with E-state index in [2.05, 4.69) is 20.6 Å². The summed E-state index contributed by atoms with van der Waals surface area (Å²) in [6.07, 6.45) is 0. The Morgan fingerprint density at radius 1 is 0.875 bits per heavy atom. The number of anilines is 3. The lowest BCUT2D eigenvalue weighted by Crippen LogP contribution is -2.06. The molecule has 0 aliphatic carbocycles. The van der Waals surface area contributed by atoms with E-state index in [9.17, 15) is 8.78 Å². The van der Waals surface area contributed by atoms with Crippen molar-refractivity contribution in [2.24, 2.45) is 0 Å². The van der Waals surface area contributed by atoms with E-state index in [0.717, 1.165) is 0 Å². The van der Waals surface area contributed by atoms with Gasteiger partial charge in [0, 0.05) is 28.7 Å². The van der Waals surface area contributed by atoms with E-state index in [1.54, 1.807) is 30.3 Å². The van der Waals surface area contributed by atoms with E-state index in [0.29, 0.717) is 44.5 Å². The zero-order chi connectivity index (χ0) is 22.7. The fraction of sp³-hybridized carbons (Fsp3) is 0.130. The van der Waals surface area contributed by atoms with Gasteiger partial charge in [-0.1, -0.05) is 11.6 Å². The summed E-state index contributed by atoms with van der Waals surface area (Å²) in [5.74, 6) is 1.03. The highest BCUT2D eigenvalue weighted by atomic mass is 35.5. The van der Waals surface area contributed by atoms with Crippen LogP contribution in [0.3, 0.4) is 0 Å². The van der Waals surface area contributed by atoms with Gasteiger partial charge in [0.05, 0.1) is 19.7 Å². The van der Waals surface area contributed by atoms with Crippen LogP contribution in [0, 0.1) is 11.6 Å². The first kappa shape index (κ1) is 21.6. The monoisotopic (exact) mass is 456 g/mol. The van der Waals surface area contributed by atoms with E-state index >= 15 is 0 Å². The second-order valence-electron chi connectivity index (χ2n) is 6.88. The maximum Gasteiger partial charge on any atom is 0.229 e. The molecule has 0 saturated heterocycles. The fourth-order valence-electron chi connectivity index (χ4n) is 3.21. The molecule has 4 aromatic rings. The first-order valence-corrected chi connectivity index (χ1v) is 9.98. The molecule has 0 aliphatic rings. The number of methoxy groups -OCH3 is 2. The highest BCUT2D eigenvalue weighted by molar-refractivity contribution is 6.30. The van der Waals surface area contributed by atoms with E-state index in [1.165, 1.54) is 38.5 Å². The van der Waals surface area contributed by atoms with Crippen LogP contribution < -0.4 is 20.1 Å². The maximum atomic E-state index is 13.7. The number of rotatable bonds is 7. The van der Waals surface area contributed by atoms with Gasteiger partial charge in [0.2, 0.25) is 5.95 Å². The Kier molecular flexibility index (Phi) is 6.23. The molecule has 1 aromatic heterocycles. The molecule has 0 bridgehead atoms. The van der Waals surface area contributed by atoms with Crippen LogP contribution in [-0.2, 0) is 6.54 Å². The van der Waals surface area contributed by atoms with Crippen LogP contribution in [0.5, 0.6) is 11.5 Å². The van der Waals surface area contributed by atoms with E-state index in [-0.39, 0.29) is 18.3 Å². The number of nitrogens with zero attached hydrogens (tertiary/aromatic N) is 2. The first-order valence-electron chi connectivity index (χ1n) is 9.60. The Morgan fingerprint density at radius 3 is 2.28 bits per heavy atom. The van der Waals surface area contributed by atoms with Crippen molar-refractivity contribution in [1.29, 1.82) is 0 Å². The first-order chi connectivity index (χ1) is 15.4. The maximum absolute atomic E-state index is 13.7. The Bertz CT molecular complexity index is 1250. The molecular weight excluding hydrogens is 438 g/mol. The van der Waals surface area contributed by atoms with E-state index in [4.69, 9.17) is 21.1 Å². The predicted molar refractivity (Wildman–Crippen MR) is 121 cm³/mol. The quantitative estimate of drug-likeness (QED) is 0.359. The van der Waals surface area contributed by atoms with Crippen LogP contribution in [0.1, 0.15) is 5.56 Å². The molecule has 0 spiro atoms. The third kappa shape index (κ3) is 4.81. The molecular formula is C23H19ClF2N4O2. The van der Waals surface area contributed by atoms with Crippen molar-refractivity contribution >= 4 is 40.0 Å². The zero-order valence-electron chi connectivity index (χ0n) is 17.2. The van der Waals surface area contributed by atoms with Crippen LogP contribution >= 0.6 is 11.6 Å². The van der Waals surface area contributed by atoms with Gasteiger partial charge in [-0.2, -0.15) is 4.98 Å². The molecule has 9 heteroatoms. The van der Waals surface area contributed by atoms with E-state index < -0.39 is 5.82 Å². The molecule has 32 heavy (non-hydrogen) atoms. The molecule has 1 heterocycles. The summed E-state index contributed by atoms with van der Waals surface area (Å²) < 4.78 is 37.7. The molecule has 164 valence electrons. The van der Waals surface area contributed by atoms with Crippen molar-refractivity contribution in [3.05, 3.63) is 76.8 Å². The summed E-state index contributed by atoms with van der Waals surface area (Å²) in [6.45, 7) is 0.272. The number of hydrogen-bond acceptors (Lipinski definition) is 6. The minimum atomic E-state index is -0.424. The smallest absolute Gasteiger partial charge is 0.229 e. The number of aromatic nitrogens is 2. The molecule has 0 saturated carbocycles. The average Bonchev–Trinajstić information content (AvgIpc) is 2.77. The summed E-state index contributed by atoms with van der Waals surface area (Å²) in [5.41, 5.74) is 1.85. The van der Waals surface area contributed by atoms with Crippen LogP contribution in [0.15, 0.2) is 54.6 Å². The van der Waals surface area contributed by atoms with Crippen molar-refractivity contribution in [2.75, 3.05) is 24.9 Å². The average molecular weight is 457 g/mol. The molecule has 2 N–H and O–H groups in total. The Morgan fingerprint density at radius 2 is 1.59 bits per heavy atom. The highest BCUT2D eigenvalue weighted by Gasteiger charge is 2.14. The van der Waals surface area contributed by atoms with Crippen LogP contribution in [0.4, 0.5) is 26.2 Å². The second-order valence-corrected chi connectivity index (χ2v) is 7.32. The summed E-state index contributed by atoms with van der Waals surface area (Å²) in [7, 11) is 3.08. The van der Waals surface area contributed by atoms with Crippen molar-refractivity contribution in [3.63, 3.8) is 0 Å². The lowest BCUT2D eigenvalue weighted by Gasteiger charge is -2.15. The summed E-state index contributed by atoms with van der Waals surface area (Å²) >= 11 is 5.97. The van der Waals surface area contributed by atoms with Gasteiger partial charge < -0.3 is 20.1 Å². The van der Waals surface area contributed by atoms with Gasteiger partial charge in [-0.25, -0.2) is 13.8 Å². The van der Waals surface area contributed by atoms with Gasteiger partial charge in [-0.3, -0.25) is 0 Å². The second kappa shape index (κ2) is 9.23. The standard InChI is InChI=1S/C23H19ClF2N4O2/c1-31-20-10-18-19(11-21(20)32-2)29-23(28-17-5-3-15(25)4-6-17)30-22(18)27-12-13-7-14(24)9-16(26)8-13/h3-11H,12H2,1-2H3,(H2,27,28,29,30). The molecule has 4 rings (SSSR count). The fourth-order valence-corrected chi connectivity index (χ4v) is 3.45. The molecule has 0 unspecified atom stereocenters. The van der Waals surface area contributed by atoms with Crippen LogP contribution in [0.2, 0.25) is 5.02 Å².